The van der Waals surface area contributed by atoms with Crippen LogP contribution in [0.3, 0.4) is 0 Å². The molecule has 20 heavy (non-hydrogen) atoms. The van der Waals surface area contributed by atoms with Crippen LogP contribution in [0.25, 0.3) is 0 Å². The maximum absolute atomic E-state index is 13.7. The van der Waals surface area contributed by atoms with Gasteiger partial charge in [-0.3, -0.25) is 4.79 Å². The Labute approximate surface area is 119 Å². The van der Waals surface area contributed by atoms with Crippen LogP contribution in [-0.2, 0) is 6.54 Å². The molecule has 1 aromatic carbocycles. The van der Waals surface area contributed by atoms with Crippen molar-refractivity contribution in [2.24, 2.45) is 0 Å². The lowest BCUT2D eigenvalue weighted by Gasteiger charge is -2.13. The number of benzene rings is 1. The molecule has 2 rings (SSSR count). The van der Waals surface area contributed by atoms with Crippen molar-refractivity contribution in [1.82, 2.24) is 4.57 Å². The van der Waals surface area contributed by atoms with Gasteiger partial charge in [-0.05, 0) is 19.1 Å². The minimum absolute atomic E-state index is 0.0535. The Balaban J connectivity index is 2.51. The second kappa shape index (κ2) is 5.46. The molecule has 0 aliphatic rings. The lowest BCUT2D eigenvalue weighted by Crippen LogP contribution is -2.19. The Morgan fingerprint density at radius 1 is 1.45 bits per heavy atom. The first-order chi connectivity index (χ1) is 9.40. The molecule has 0 aliphatic carbocycles. The molecule has 0 atom stereocenters. The minimum Gasteiger partial charge on any atom is -0.477 e. The van der Waals surface area contributed by atoms with Gasteiger partial charge in [0, 0.05) is 28.5 Å². The van der Waals surface area contributed by atoms with Crippen molar-refractivity contribution in [2.75, 3.05) is 0 Å². The molecule has 104 valence electrons. The molecular weight excluding hydrogens is 285 g/mol. The number of pyridine rings is 1. The molecule has 1 N–H and O–H groups in total. The Hall–Kier alpha value is -2.14. The molecule has 0 saturated heterocycles. The van der Waals surface area contributed by atoms with Gasteiger partial charge < -0.3 is 9.67 Å². The number of rotatable bonds is 3. The van der Waals surface area contributed by atoms with Gasteiger partial charge in [0.1, 0.15) is 11.4 Å². The SMILES string of the molecule is Cc1cc(=O)c(C(=O)O)cn1Cc1c(F)cccc1Cl. The zero-order valence-electron chi connectivity index (χ0n) is 10.6. The molecule has 4 nitrogen and oxygen atoms in total. The maximum Gasteiger partial charge on any atom is 0.341 e. The smallest absolute Gasteiger partial charge is 0.341 e. The van der Waals surface area contributed by atoms with Gasteiger partial charge in [0.25, 0.3) is 0 Å². The van der Waals surface area contributed by atoms with E-state index in [4.69, 9.17) is 16.7 Å². The third-order valence-corrected chi connectivity index (χ3v) is 3.32. The van der Waals surface area contributed by atoms with Crippen LogP contribution in [0.2, 0.25) is 5.02 Å². The average Bonchev–Trinajstić information content (AvgIpc) is 2.35. The van der Waals surface area contributed by atoms with E-state index in [2.05, 4.69) is 0 Å². The number of aromatic carboxylic acids is 1. The van der Waals surface area contributed by atoms with E-state index in [1.165, 1.54) is 29.0 Å². The van der Waals surface area contributed by atoms with E-state index in [9.17, 15) is 14.0 Å². The van der Waals surface area contributed by atoms with E-state index in [-0.39, 0.29) is 22.7 Å². The summed E-state index contributed by atoms with van der Waals surface area (Å²) < 4.78 is 15.2. The molecular formula is C14H11ClFNO3. The summed E-state index contributed by atoms with van der Waals surface area (Å²) in [6.07, 6.45) is 1.20. The molecule has 0 aliphatic heterocycles. The lowest BCUT2D eigenvalue weighted by molar-refractivity contribution is 0.0694. The second-order valence-electron chi connectivity index (χ2n) is 4.33. The monoisotopic (exact) mass is 295 g/mol. The van der Waals surface area contributed by atoms with Gasteiger partial charge in [-0.25, -0.2) is 9.18 Å². The first-order valence-electron chi connectivity index (χ1n) is 5.77. The summed E-state index contributed by atoms with van der Waals surface area (Å²) in [5, 5.41) is 9.19. The number of halogens is 2. The van der Waals surface area contributed by atoms with E-state index in [0.29, 0.717) is 5.69 Å². The first-order valence-corrected chi connectivity index (χ1v) is 6.15. The number of carboxylic acids is 1. The van der Waals surface area contributed by atoms with Crippen molar-refractivity contribution in [3.05, 3.63) is 68.3 Å². The number of nitrogens with zero attached hydrogens (tertiary/aromatic N) is 1. The number of aryl methyl sites for hydroxylation is 1. The predicted molar refractivity (Wildman–Crippen MR) is 72.9 cm³/mol. The fraction of sp³-hybridized carbons (Fsp3) is 0.143. The van der Waals surface area contributed by atoms with Crippen molar-refractivity contribution >= 4 is 17.6 Å². The van der Waals surface area contributed by atoms with Crippen LogP contribution in [-0.4, -0.2) is 15.6 Å². The Kier molecular flexibility index (Phi) is 3.90. The molecule has 0 bridgehead atoms. The van der Waals surface area contributed by atoms with Crippen LogP contribution in [0.1, 0.15) is 21.6 Å². The van der Waals surface area contributed by atoms with Crippen LogP contribution in [0.4, 0.5) is 4.39 Å². The lowest BCUT2D eigenvalue weighted by atomic mass is 10.2. The largest absolute Gasteiger partial charge is 0.477 e. The molecule has 0 spiro atoms. The van der Waals surface area contributed by atoms with Crippen molar-refractivity contribution in [2.45, 2.75) is 13.5 Å². The molecule has 0 saturated carbocycles. The van der Waals surface area contributed by atoms with E-state index in [1.54, 1.807) is 13.0 Å². The van der Waals surface area contributed by atoms with Crippen molar-refractivity contribution in [1.29, 1.82) is 0 Å². The fourth-order valence-corrected chi connectivity index (χ4v) is 2.08. The van der Waals surface area contributed by atoms with Crippen molar-refractivity contribution in [3.63, 3.8) is 0 Å². The number of carboxylic acid groups (broad SMARTS) is 1. The number of hydrogen-bond donors (Lipinski definition) is 1. The molecule has 0 radical (unpaired) electrons. The zero-order valence-corrected chi connectivity index (χ0v) is 11.3. The summed E-state index contributed by atoms with van der Waals surface area (Å²) in [7, 11) is 0. The second-order valence-corrected chi connectivity index (χ2v) is 4.73. The van der Waals surface area contributed by atoms with Gasteiger partial charge in [0.15, 0.2) is 5.43 Å². The molecule has 1 aromatic heterocycles. The van der Waals surface area contributed by atoms with E-state index < -0.39 is 17.2 Å². The van der Waals surface area contributed by atoms with E-state index in [0.717, 1.165) is 0 Å². The van der Waals surface area contributed by atoms with Gasteiger partial charge in [-0.2, -0.15) is 0 Å². The van der Waals surface area contributed by atoms with Gasteiger partial charge in [-0.1, -0.05) is 17.7 Å². The minimum atomic E-state index is -1.32. The van der Waals surface area contributed by atoms with Crippen LogP contribution >= 0.6 is 11.6 Å². The highest BCUT2D eigenvalue weighted by molar-refractivity contribution is 6.31. The number of aromatic nitrogens is 1. The quantitative estimate of drug-likeness (QED) is 0.947. The summed E-state index contributed by atoms with van der Waals surface area (Å²) in [6.45, 7) is 1.69. The molecule has 1 heterocycles. The van der Waals surface area contributed by atoms with Crippen LogP contribution in [0.5, 0.6) is 0 Å². The van der Waals surface area contributed by atoms with Gasteiger partial charge in [0.05, 0.1) is 6.54 Å². The summed E-state index contributed by atoms with van der Waals surface area (Å²) in [5.41, 5.74) is -0.162. The van der Waals surface area contributed by atoms with E-state index in [1.807, 2.05) is 0 Å². The number of hydrogen-bond acceptors (Lipinski definition) is 2. The first kappa shape index (κ1) is 14.3. The maximum atomic E-state index is 13.7. The molecule has 6 heteroatoms. The van der Waals surface area contributed by atoms with Crippen LogP contribution in [0, 0.1) is 12.7 Å². The van der Waals surface area contributed by atoms with Gasteiger partial charge in [0.2, 0.25) is 0 Å². The fourth-order valence-electron chi connectivity index (χ4n) is 1.86. The summed E-state index contributed by atoms with van der Waals surface area (Å²) in [4.78, 5) is 22.5. The van der Waals surface area contributed by atoms with Crippen LogP contribution in [0.15, 0.2) is 35.3 Å². The Bertz CT molecular complexity index is 719. The molecule has 0 fully saturated rings. The Morgan fingerprint density at radius 3 is 2.75 bits per heavy atom. The van der Waals surface area contributed by atoms with Crippen molar-refractivity contribution < 1.29 is 14.3 Å². The van der Waals surface area contributed by atoms with Gasteiger partial charge >= 0.3 is 5.97 Å². The summed E-state index contributed by atoms with van der Waals surface area (Å²) in [6, 6.07) is 5.52. The topological polar surface area (TPSA) is 59.3 Å². The molecule has 0 unspecified atom stereocenters. The third kappa shape index (κ3) is 2.72. The Morgan fingerprint density at radius 2 is 2.15 bits per heavy atom. The van der Waals surface area contributed by atoms with Crippen molar-refractivity contribution in [3.8, 4) is 0 Å². The molecule has 0 amide bonds. The molecule has 2 aromatic rings. The third-order valence-electron chi connectivity index (χ3n) is 2.96. The van der Waals surface area contributed by atoms with E-state index >= 15 is 0 Å². The summed E-state index contributed by atoms with van der Waals surface area (Å²) >= 11 is 5.93. The van der Waals surface area contributed by atoms with Gasteiger partial charge in [-0.15, -0.1) is 0 Å². The number of carbonyl (C=O) groups is 1. The highest BCUT2D eigenvalue weighted by Gasteiger charge is 2.13. The summed E-state index contributed by atoms with van der Waals surface area (Å²) in [5.74, 6) is -1.80. The average molecular weight is 296 g/mol. The zero-order chi connectivity index (χ0) is 14.9. The standard InChI is InChI=1S/C14H11ClFNO3/c1-8-5-13(18)10(14(19)20)7-17(8)6-9-11(15)3-2-4-12(9)16/h2-5,7H,6H2,1H3,(H,19,20). The normalized spacial score (nSPS) is 10.6. The predicted octanol–water partition coefficient (Wildman–Crippen LogP) is 2.70. The highest BCUT2D eigenvalue weighted by Crippen LogP contribution is 2.20. The highest BCUT2D eigenvalue weighted by atomic mass is 35.5. The van der Waals surface area contributed by atoms with Crippen LogP contribution < -0.4 is 5.43 Å².